The lowest BCUT2D eigenvalue weighted by molar-refractivity contribution is 0.318. The summed E-state index contributed by atoms with van der Waals surface area (Å²) in [6, 6.07) is 11.6. The van der Waals surface area contributed by atoms with Gasteiger partial charge < -0.3 is 14.7 Å². The fraction of sp³-hybridized carbons (Fsp3) is 0.250. The highest BCUT2D eigenvalue weighted by Gasteiger charge is 2.07. The van der Waals surface area contributed by atoms with Crippen molar-refractivity contribution in [1.82, 2.24) is 0 Å². The van der Waals surface area contributed by atoms with Crippen LogP contribution in [0.1, 0.15) is 12.5 Å². The molecule has 0 aliphatic carbocycles. The molecule has 0 bridgehead atoms. The quantitative estimate of drug-likeness (QED) is 0.905. The number of hydrogen-bond donors (Lipinski definition) is 1. The summed E-state index contributed by atoms with van der Waals surface area (Å²) in [5, 5.41) is 9.67. The predicted octanol–water partition coefficient (Wildman–Crippen LogP) is 3.57. The Balaban J connectivity index is 2.13. The summed E-state index contributed by atoms with van der Waals surface area (Å²) in [7, 11) is 1.93. The van der Waals surface area contributed by atoms with E-state index in [-0.39, 0.29) is 11.6 Å². The van der Waals surface area contributed by atoms with E-state index in [2.05, 4.69) is 0 Å². The number of anilines is 1. The van der Waals surface area contributed by atoms with Gasteiger partial charge in [-0.15, -0.1) is 0 Å². The van der Waals surface area contributed by atoms with E-state index < -0.39 is 0 Å². The first-order valence-electron chi connectivity index (χ1n) is 6.51. The zero-order valence-electron chi connectivity index (χ0n) is 11.6. The highest BCUT2D eigenvalue weighted by molar-refractivity contribution is 5.48. The second kappa shape index (κ2) is 6.28. The summed E-state index contributed by atoms with van der Waals surface area (Å²) in [6.07, 6.45) is 0. The van der Waals surface area contributed by atoms with Crippen molar-refractivity contribution in [1.29, 1.82) is 0 Å². The molecule has 0 radical (unpaired) electrons. The fourth-order valence-electron chi connectivity index (χ4n) is 1.99. The molecular weight excluding hydrogens is 257 g/mol. The lowest BCUT2D eigenvalue weighted by atomic mass is 10.2. The molecule has 0 saturated heterocycles. The number of halogens is 1. The van der Waals surface area contributed by atoms with E-state index in [4.69, 9.17) is 4.74 Å². The van der Waals surface area contributed by atoms with Gasteiger partial charge in [-0.1, -0.05) is 6.07 Å². The van der Waals surface area contributed by atoms with Crippen LogP contribution in [0.3, 0.4) is 0 Å². The van der Waals surface area contributed by atoms with Gasteiger partial charge in [-0.05, 0) is 48.9 Å². The Bertz CT molecular complexity index is 569. The number of hydrogen-bond acceptors (Lipinski definition) is 3. The molecular formula is C16H18FNO2. The number of rotatable bonds is 5. The van der Waals surface area contributed by atoms with Gasteiger partial charge in [0, 0.05) is 19.3 Å². The van der Waals surface area contributed by atoms with Crippen LogP contribution in [0.4, 0.5) is 10.1 Å². The maximum absolute atomic E-state index is 12.9. The topological polar surface area (TPSA) is 32.7 Å². The van der Waals surface area contributed by atoms with Crippen LogP contribution in [0.2, 0.25) is 0 Å². The molecule has 2 aromatic rings. The van der Waals surface area contributed by atoms with Crippen LogP contribution < -0.4 is 9.64 Å². The van der Waals surface area contributed by atoms with Gasteiger partial charge in [0.1, 0.15) is 5.82 Å². The molecule has 0 amide bonds. The third-order valence-corrected chi connectivity index (χ3v) is 3.01. The van der Waals surface area contributed by atoms with Crippen molar-refractivity contribution >= 4 is 5.69 Å². The van der Waals surface area contributed by atoms with Crippen LogP contribution >= 0.6 is 0 Å². The largest absolute Gasteiger partial charge is 0.504 e. The molecule has 2 rings (SSSR count). The minimum absolute atomic E-state index is 0.139. The van der Waals surface area contributed by atoms with E-state index in [0.29, 0.717) is 18.9 Å². The number of aromatic hydroxyl groups is 1. The van der Waals surface area contributed by atoms with E-state index >= 15 is 0 Å². The summed E-state index contributed by atoms with van der Waals surface area (Å²) in [5.74, 6) is 0.378. The van der Waals surface area contributed by atoms with E-state index in [1.54, 1.807) is 18.2 Å². The number of benzene rings is 2. The SMILES string of the molecule is CCOc1cc(CN(C)c2ccc(F)cc2)ccc1O. The smallest absolute Gasteiger partial charge is 0.161 e. The van der Waals surface area contributed by atoms with Crippen LogP contribution in [-0.4, -0.2) is 18.8 Å². The molecule has 4 heteroatoms. The van der Waals surface area contributed by atoms with Crippen LogP contribution in [0, 0.1) is 5.82 Å². The number of ether oxygens (including phenoxy) is 1. The molecule has 3 nitrogen and oxygen atoms in total. The Labute approximate surface area is 118 Å². The lowest BCUT2D eigenvalue weighted by Crippen LogP contribution is -2.16. The average Bonchev–Trinajstić information content (AvgIpc) is 2.43. The standard InChI is InChI=1S/C16H18FNO2/c1-3-20-16-10-12(4-9-15(16)19)11-18(2)14-7-5-13(17)6-8-14/h4-10,19H,3,11H2,1-2H3. The van der Waals surface area contributed by atoms with Crippen LogP contribution in [0.25, 0.3) is 0 Å². The minimum atomic E-state index is -0.245. The Kier molecular flexibility index (Phi) is 4.45. The van der Waals surface area contributed by atoms with Crippen molar-refractivity contribution in [3.05, 3.63) is 53.8 Å². The van der Waals surface area contributed by atoms with Gasteiger partial charge in [0.15, 0.2) is 11.5 Å². The summed E-state index contributed by atoms with van der Waals surface area (Å²) in [4.78, 5) is 2.00. The van der Waals surface area contributed by atoms with Crippen molar-refractivity contribution in [2.75, 3.05) is 18.6 Å². The van der Waals surface area contributed by atoms with Crippen molar-refractivity contribution in [3.8, 4) is 11.5 Å². The maximum atomic E-state index is 12.9. The van der Waals surface area contributed by atoms with Crippen molar-refractivity contribution in [2.45, 2.75) is 13.5 Å². The summed E-state index contributed by atoms with van der Waals surface area (Å²) in [5.41, 5.74) is 1.94. The van der Waals surface area contributed by atoms with Gasteiger partial charge in [0.05, 0.1) is 6.61 Å². The zero-order valence-corrected chi connectivity index (χ0v) is 11.6. The first-order chi connectivity index (χ1) is 9.60. The van der Waals surface area contributed by atoms with Gasteiger partial charge >= 0.3 is 0 Å². The molecule has 0 aliphatic heterocycles. The molecule has 0 unspecified atom stereocenters. The minimum Gasteiger partial charge on any atom is -0.504 e. The first kappa shape index (κ1) is 14.2. The predicted molar refractivity (Wildman–Crippen MR) is 77.8 cm³/mol. The summed E-state index contributed by atoms with van der Waals surface area (Å²) >= 11 is 0. The van der Waals surface area contributed by atoms with Crippen LogP contribution in [-0.2, 0) is 6.54 Å². The molecule has 1 N–H and O–H groups in total. The van der Waals surface area contributed by atoms with E-state index in [1.165, 1.54) is 12.1 Å². The van der Waals surface area contributed by atoms with Gasteiger partial charge in [-0.2, -0.15) is 0 Å². The number of phenolic OH excluding ortho intramolecular Hbond substituents is 1. The lowest BCUT2D eigenvalue weighted by Gasteiger charge is -2.20. The average molecular weight is 275 g/mol. The molecule has 0 heterocycles. The van der Waals surface area contributed by atoms with E-state index in [1.807, 2.05) is 31.0 Å². The molecule has 106 valence electrons. The molecule has 0 fully saturated rings. The summed E-state index contributed by atoms with van der Waals surface area (Å²) in [6.45, 7) is 3.02. The number of phenols is 1. The second-order valence-electron chi connectivity index (χ2n) is 4.57. The van der Waals surface area contributed by atoms with Gasteiger partial charge in [0.25, 0.3) is 0 Å². The highest BCUT2D eigenvalue weighted by Crippen LogP contribution is 2.27. The van der Waals surface area contributed by atoms with E-state index in [0.717, 1.165) is 11.3 Å². The first-order valence-corrected chi connectivity index (χ1v) is 6.51. The van der Waals surface area contributed by atoms with Gasteiger partial charge in [-0.25, -0.2) is 4.39 Å². The summed E-state index contributed by atoms with van der Waals surface area (Å²) < 4.78 is 18.3. The number of nitrogens with zero attached hydrogens (tertiary/aromatic N) is 1. The third kappa shape index (κ3) is 3.41. The van der Waals surface area contributed by atoms with Crippen LogP contribution in [0.15, 0.2) is 42.5 Å². The van der Waals surface area contributed by atoms with Crippen LogP contribution in [0.5, 0.6) is 11.5 Å². The van der Waals surface area contributed by atoms with Crippen molar-refractivity contribution in [3.63, 3.8) is 0 Å². The molecule has 0 spiro atoms. The molecule has 20 heavy (non-hydrogen) atoms. The normalized spacial score (nSPS) is 10.3. The maximum Gasteiger partial charge on any atom is 0.161 e. The highest BCUT2D eigenvalue weighted by atomic mass is 19.1. The van der Waals surface area contributed by atoms with E-state index in [9.17, 15) is 9.50 Å². The molecule has 2 aromatic carbocycles. The molecule has 0 saturated carbocycles. The molecule has 0 aliphatic rings. The Hall–Kier alpha value is -2.23. The monoisotopic (exact) mass is 275 g/mol. The van der Waals surface area contributed by atoms with Gasteiger partial charge in [0.2, 0.25) is 0 Å². The molecule has 0 aromatic heterocycles. The zero-order chi connectivity index (χ0) is 14.5. The molecule has 0 atom stereocenters. The Morgan fingerprint density at radius 1 is 1.15 bits per heavy atom. The fourth-order valence-corrected chi connectivity index (χ4v) is 1.99. The Morgan fingerprint density at radius 3 is 2.50 bits per heavy atom. The van der Waals surface area contributed by atoms with Crippen molar-refractivity contribution in [2.24, 2.45) is 0 Å². The van der Waals surface area contributed by atoms with Crippen molar-refractivity contribution < 1.29 is 14.2 Å². The Morgan fingerprint density at radius 2 is 1.85 bits per heavy atom. The van der Waals surface area contributed by atoms with Gasteiger partial charge in [-0.3, -0.25) is 0 Å². The second-order valence-corrected chi connectivity index (χ2v) is 4.57. The third-order valence-electron chi connectivity index (χ3n) is 3.01.